The van der Waals surface area contributed by atoms with Crippen LogP contribution in [0.5, 0.6) is 0 Å². The molecule has 0 radical (unpaired) electrons. The van der Waals surface area contributed by atoms with Crippen LogP contribution in [0.2, 0.25) is 0 Å². The van der Waals surface area contributed by atoms with Crippen LogP contribution in [0.1, 0.15) is 77.6 Å². The minimum absolute atomic E-state index is 0.0320. The number of fused-ring (bicyclic) bond motifs is 12. The number of rotatable bonds is 5. The fraction of sp³-hybridized carbons (Fsp3) is 0.151. The van der Waals surface area contributed by atoms with Crippen molar-refractivity contribution in [1.29, 1.82) is 0 Å². The van der Waals surface area contributed by atoms with Gasteiger partial charge in [-0.1, -0.05) is 213 Å². The molecule has 0 saturated heterocycles. The van der Waals surface area contributed by atoms with Crippen molar-refractivity contribution < 1.29 is 8.83 Å². The number of hydrogen-bond acceptors (Lipinski definition) is 4. The van der Waals surface area contributed by atoms with Crippen LogP contribution in [0.4, 0.5) is 28.4 Å². The topological polar surface area (TPSA) is 32.8 Å². The van der Waals surface area contributed by atoms with Crippen molar-refractivity contribution in [1.82, 2.24) is 0 Å². The van der Waals surface area contributed by atoms with Gasteiger partial charge in [0, 0.05) is 77.5 Å². The van der Waals surface area contributed by atoms with Crippen LogP contribution >= 0.6 is 0 Å². The number of anilines is 5. The van der Waals surface area contributed by atoms with E-state index in [1.807, 2.05) is 0 Å². The average molecular weight is 1010 g/mol. The lowest BCUT2D eigenvalue weighted by molar-refractivity contribution is 0.590. The molecule has 3 aliphatic rings. The van der Waals surface area contributed by atoms with Crippen LogP contribution in [-0.4, -0.2) is 6.85 Å². The Morgan fingerprint density at radius 3 is 1.68 bits per heavy atom. The molecule has 0 bridgehead atoms. The summed E-state index contributed by atoms with van der Waals surface area (Å²) in [5, 5.41) is 4.32. The zero-order valence-electron chi connectivity index (χ0n) is 45.5. The third-order valence-electron chi connectivity index (χ3n) is 17.4. The predicted octanol–water partition coefficient (Wildman–Crippen LogP) is 18.9. The highest BCUT2D eigenvalue weighted by Crippen LogP contribution is 2.57. The van der Waals surface area contributed by atoms with Gasteiger partial charge >= 0.3 is 6.85 Å². The van der Waals surface area contributed by atoms with Crippen LogP contribution in [0, 0.1) is 0 Å². The molecule has 0 spiro atoms. The Morgan fingerprint density at radius 1 is 0.410 bits per heavy atom. The molecule has 5 heteroatoms. The Labute approximate surface area is 457 Å². The zero-order valence-corrected chi connectivity index (χ0v) is 45.5. The fourth-order valence-electron chi connectivity index (χ4n) is 13.3. The summed E-state index contributed by atoms with van der Waals surface area (Å²) in [6.07, 6.45) is 0. The van der Waals surface area contributed by atoms with Gasteiger partial charge in [-0.05, 0) is 115 Å². The van der Waals surface area contributed by atoms with Gasteiger partial charge in [-0.3, -0.25) is 0 Å². The van der Waals surface area contributed by atoms with Crippen LogP contribution < -0.4 is 20.6 Å². The second kappa shape index (κ2) is 16.6. The predicted molar refractivity (Wildman–Crippen MR) is 328 cm³/mol. The fourth-order valence-corrected chi connectivity index (χ4v) is 13.3. The normalized spacial score (nSPS) is 14.2. The average Bonchev–Trinajstić information content (AvgIpc) is 3.42. The van der Waals surface area contributed by atoms with Crippen molar-refractivity contribution in [2.45, 2.75) is 71.6 Å². The maximum Gasteiger partial charge on any atom is 0.333 e. The van der Waals surface area contributed by atoms with Crippen molar-refractivity contribution in [3.8, 4) is 56.0 Å². The van der Waals surface area contributed by atoms with E-state index in [9.17, 15) is 0 Å². The zero-order chi connectivity index (χ0) is 53.0. The molecule has 4 heterocycles. The van der Waals surface area contributed by atoms with E-state index in [0.717, 1.165) is 100 Å². The monoisotopic (exact) mass is 1010 g/mol. The molecule has 10 aromatic carbocycles. The van der Waals surface area contributed by atoms with Crippen LogP contribution in [0.25, 0.3) is 88.7 Å². The smallest absolute Gasteiger partial charge is 0.333 e. The van der Waals surface area contributed by atoms with Crippen LogP contribution in [0.3, 0.4) is 0 Å². The van der Waals surface area contributed by atoms with E-state index in [-0.39, 0.29) is 23.1 Å². The first kappa shape index (κ1) is 46.5. The molecule has 4 nitrogen and oxygen atoms in total. The molecule has 15 rings (SSSR count). The molecule has 2 aromatic heterocycles. The standard InChI is InChI=1S/C73H59BN2O2/c1-71(2,3)47-32-35-49(36-33-47)76-62-43-59-53(50-28-18-20-30-58(50)73(59,7)8)39-57(62)66-67-64(42-55-51-29-19-21-31-65(51)77-70(55)66)75(61-37-34-48(72(4,5)6)38-52(61)44-22-12-9-13-23-44)63-41-56-54(40-60(63)74(67)76)68(45-24-14-10-15-25-45)78-69(56)46-26-16-11-17-27-46/h9-43H,1-8H3. The summed E-state index contributed by atoms with van der Waals surface area (Å²) in [7, 11) is 0. The van der Waals surface area contributed by atoms with Gasteiger partial charge in [0.1, 0.15) is 22.7 Å². The Bertz CT molecular complexity index is 4420. The minimum atomic E-state index is -0.311. The molecule has 12 aromatic rings. The molecule has 0 unspecified atom stereocenters. The minimum Gasteiger partial charge on any atom is -0.455 e. The first-order chi connectivity index (χ1) is 37.7. The first-order valence-corrected chi connectivity index (χ1v) is 27.6. The van der Waals surface area contributed by atoms with E-state index >= 15 is 0 Å². The Hall–Kier alpha value is -8.80. The second-order valence-electron chi connectivity index (χ2n) is 24.4. The number of para-hydroxylation sites is 1. The summed E-state index contributed by atoms with van der Waals surface area (Å²) < 4.78 is 14.6. The molecule has 78 heavy (non-hydrogen) atoms. The van der Waals surface area contributed by atoms with Crippen molar-refractivity contribution in [3.05, 3.63) is 235 Å². The quantitative estimate of drug-likeness (QED) is 0.161. The molecular formula is C73H59BN2O2. The first-order valence-electron chi connectivity index (χ1n) is 27.6. The van der Waals surface area contributed by atoms with Gasteiger partial charge in [0.05, 0.1) is 5.69 Å². The van der Waals surface area contributed by atoms with E-state index in [1.165, 1.54) is 49.9 Å². The lowest BCUT2D eigenvalue weighted by Gasteiger charge is -2.46. The van der Waals surface area contributed by atoms with E-state index in [0.29, 0.717) is 0 Å². The lowest BCUT2D eigenvalue weighted by Crippen LogP contribution is -2.61. The Kier molecular flexibility index (Phi) is 9.90. The summed E-state index contributed by atoms with van der Waals surface area (Å²) >= 11 is 0. The van der Waals surface area contributed by atoms with Crippen molar-refractivity contribution in [3.63, 3.8) is 0 Å². The van der Waals surface area contributed by atoms with Gasteiger partial charge in [0.2, 0.25) is 0 Å². The van der Waals surface area contributed by atoms with Gasteiger partial charge in [0.15, 0.2) is 0 Å². The lowest BCUT2D eigenvalue weighted by atomic mass is 9.43. The summed E-state index contributed by atoms with van der Waals surface area (Å²) in [4.78, 5) is 5.27. The summed E-state index contributed by atoms with van der Waals surface area (Å²) in [5.41, 5.74) is 23.9. The van der Waals surface area contributed by atoms with Crippen molar-refractivity contribution in [2.75, 3.05) is 9.71 Å². The van der Waals surface area contributed by atoms with E-state index in [2.05, 4.69) is 277 Å². The maximum absolute atomic E-state index is 7.33. The van der Waals surface area contributed by atoms with Crippen LogP contribution in [0.15, 0.2) is 221 Å². The third-order valence-corrected chi connectivity index (χ3v) is 17.4. The molecule has 0 amide bonds. The van der Waals surface area contributed by atoms with Gasteiger partial charge in [-0.15, -0.1) is 0 Å². The second-order valence-corrected chi connectivity index (χ2v) is 24.4. The summed E-state index contributed by atoms with van der Waals surface area (Å²) in [6, 6.07) is 78.9. The number of furan rings is 2. The number of nitrogens with zero attached hydrogens (tertiary/aromatic N) is 2. The number of benzene rings is 10. The highest BCUT2D eigenvalue weighted by atomic mass is 16.3. The molecule has 0 N–H and O–H groups in total. The Balaban J connectivity index is 1.15. The Morgan fingerprint density at radius 2 is 1.00 bits per heavy atom. The third kappa shape index (κ3) is 6.80. The molecule has 1 aliphatic carbocycles. The van der Waals surface area contributed by atoms with Gasteiger partial charge in [-0.2, -0.15) is 0 Å². The highest BCUT2D eigenvalue weighted by molar-refractivity contribution is 6.94. The van der Waals surface area contributed by atoms with Crippen molar-refractivity contribution in [2.24, 2.45) is 0 Å². The van der Waals surface area contributed by atoms with Crippen molar-refractivity contribution >= 4 is 78.9 Å². The summed E-state index contributed by atoms with van der Waals surface area (Å²) in [5.74, 6) is 1.70. The molecule has 0 fully saturated rings. The van der Waals surface area contributed by atoms with Gasteiger partial charge in [-0.25, -0.2) is 0 Å². The van der Waals surface area contributed by atoms with E-state index in [4.69, 9.17) is 8.83 Å². The van der Waals surface area contributed by atoms with Gasteiger partial charge < -0.3 is 18.5 Å². The largest absolute Gasteiger partial charge is 0.455 e. The van der Waals surface area contributed by atoms with Gasteiger partial charge in [0.25, 0.3) is 0 Å². The van der Waals surface area contributed by atoms with E-state index < -0.39 is 0 Å². The molecule has 0 saturated carbocycles. The molecular weight excluding hydrogens is 948 g/mol. The molecule has 376 valence electrons. The van der Waals surface area contributed by atoms with E-state index in [1.54, 1.807) is 0 Å². The molecule has 0 atom stereocenters. The highest BCUT2D eigenvalue weighted by Gasteiger charge is 2.49. The molecule has 2 aliphatic heterocycles. The number of hydrogen-bond donors (Lipinski definition) is 0. The SMILES string of the molecule is CC(C)(C)c1ccc(N2B3c4cc5c(-c6ccccc6)oc(-c6ccccc6)c5cc4N(c4ccc(C(C)(C)C)cc4-c4ccccc4)c4cc5c(oc6ccccc65)c(c43)-c3cc4c(cc32)C(C)(C)c2ccccc2-4)cc1. The van der Waals surface area contributed by atoms with Crippen LogP contribution in [-0.2, 0) is 16.2 Å². The maximum atomic E-state index is 7.33. The summed E-state index contributed by atoms with van der Waals surface area (Å²) in [6.45, 7) is 18.3.